The van der Waals surface area contributed by atoms with E-state index in [1.165, 1.54) is 0 Å². The highest BCUT2D eigenvalue weighted by Crippen LogP contribution is 2.25. The van der Waals surface area contributed by atoms with Gasteiger partial charge in [0.25, 0.3) is 0 Å². The maximum atomic E-state index is 11.9. The lowest BCUT2D eigenvalue weighted by molar-refractivity contribution is 0.0191. The van der Waals surface area contributed by atoms with Crippen LogP contribution in [-0.4, -0.2) is 40.7 Å². The van der Waals surface area contributed by atoms with E-state index in [-0.39, 0.29) is 11.3 Å². The fraction of sp³-hybridized carbons (Fsp3) is 0.867. The zero-order valence-corrected chi connectivity index (χ0v) is 13.8. The van der Waals surface area contributed by atoms with E-state index in [1.807, 2.05) is 27.7 Å². The van der Waals surface area contributed by atoms with Crippen LogP contribution in [0.4, 0.5) is 4.79 Å². The molecule has 114 valence electrons. The number of carbonyl (C=O) groups excluding carboxylic acids is 1. The summed E-state index contributed by atoms with van der Waals surface area (Å²) in [7, 11) is 0. The smallest absolute Gasteiger partial charge is 0.410 e. The van der Waals surface area contributed by atoms with Crippen LogP contribution >= 0.6 is 11.8 Å². The molecule has 1 aliphatic rings. The summed E-state index contributed by atoms with van der Waals surface area (Å²) in [5.41, 5.74) is -0.426. The Balaban J connectivity index is 2.30. The summed E-state index contributed by atoms with van der Waals surface area (Å²) in [5.74, 6) is 1.63. The van der Waals surface area contributed by atoms with E-state index in [0.29, 0.717) is 5.92 Å². The average molecular weight is 298 g/mol. The number of thioether (sulfide) groups is 1. The van der Waals surface area contributed by atoms with E-state index in [0.717, 1.165) is 38.1 Å². The number of amides is 1. The molecule has 1 amide bonds. The predicted octanol–water partition coefficient (Wildman–Crippen LogP) is 3.67. The maximum absolute atomic E-state index is 11.9. The largest absolute Gasteiger partial charge is 0.444 e. The molecule has 0 N–H and O–H groups in total. The molecule has 4 nitrogen and oxygen atoms in total. The van der Waals surface area contributed by atoms with E-state index >= 15 is 0 Å². The fourth-order valence-corrected chi connectivity index (χ4v) is 3.26. The minimum absolute atomic E-state index is 0.110. The molecule has 0 unspecified atom stereocenters. The Morgan fingerprint density at radius 2 is 2.05 bits per heavy atom. The number of likely N-dealkylation sites (tertiary alicyclic amines) is 1. The second kappa shape index (κ2) is 7.78. The van der Waals surface area contributed by atoms with Crippen molar-refractivity contribution in [2.24, 2.45) is 5.92 Å². The number of piperidine rings is 1. The van der Waals surface area contributed by atoms with Crippen molar-refractivity contribution >= 4 is 17.9 Å². The first-order chi connectivity index (χ1) is 9.35. The third-order valence-corrected chi connectivity index (χ3v) is 4.82. The molecule has 0 radical (unpaired) electrons. The van der Waals surface area contributed by atoms with Gasteiger partial charge in [-0.25, -0.2) is 4.79 Å². The van der Waals surface area contributed by atoms with Gasteiger partial charge >= 0.3 is 6.09 Å². The molecule has 0 aromatic heterocycles. The van der Waals surface area contributed by atoms with Crippen molar-refractivity contribution in [2.45, 2.75) is 57.8 Å². The van der Waals surface area contributed by atoms with Crippen LogP contribution in [0.3, 0.4) is 0 Å². The average Bonchev–Trinajstić information content (AvgIpc) is 2.38. The summed E-state index contributed by atoms with van der Waals surface area (Å²) >= 11 is 1.75. The minimum Gasteiger partial charge on any atom is -0.444 e. The molecule has 1 fully saturated rings. The van der Waals surface area contributed by atoms with Crippen LogP contribution in [0.15, 0.2) is 0 Å². The van der Waals surface area contributed by atoms with Gasteiger partial charge in [-0.1, -0.05) is 6.92 Å². The van der Waals surface area contributed by atoms with Gasteiger partial charge in [-0.2, -0.15) is 5.26 Å². The van der Waals surface area contributed by atoms with Gasteiger partial charge in [-0.3, -0.25) is 0 Å². The van der Waals surface area contributed by atoms with Crippen molar-refractivity contribution in [3.63, 3.8) is 0 Å². The molecule has 0 spiro atoms. The number of nitrogens with zero attached hydrogens (tertiary/aromatic N) is 2. The second-order valence-corrected chi connectivity index (χ2v) is 7.51. The van der Waals surface area contributed by atoms with Crippen molar-refractivity contribution in [2.75, 3.05) is 18.8 Å². The summed E-state index contributed by atoms with van der Waals surface area (Å²) in [6, 6.07) is 2.32. The fourth-order valence-electron chi connectivity index (χ4n) is 2.11. The second-order valence-electron chi connectivity index (χ2n) is 6.27. The van der Waals surface area contributed by atoms with E-state index in [9.17, 15) is 4.79 Å². The Bertz CT molecular complexity index is 352. The molecular formula is C15H26N2O2S. The van der Waals surface area contributed by atoms with Crippen molar-refractivity contribution in [3.05, 3.63) is 0 Å². The number of nitriles is 1. The van der Waals surface area contributed by atoms with Gasteiger partial charge in [0.2, 0.25) is 0 Å². The van der Waals surface area contributed by atoms with Crippen molar-refractivity contribution in [1.29, 1.82) is 5.26 Å². The molecule has 20 heavy (non-hydrogen) atoms. The first-order valence-corrected chi connectivity index (χ1v) is 8.39. The number of ether oxygens (including phenoxy) is 1. The molecule has 0 saturated carbocycles. The Kier molecular flexibility index (Phi) is 6.67. The molecular weight excluding hydrogens is 272 g/mol. The first kappa shape index (κ1) is 17.2. The SMILES string of the molecule is CC[C@@H](C#N)SCC1CCN(C(=O)OC(C)(C)C)CC1. The van der Waals surface area contributed by atoms with Crippen LogP contribution in [0, 0.1) is 17.2 Å². The zero-order chi connectivity index (χ0) is 15.2. The summed E-state index contributed by atoms with van der Waals surface area (Å²) in [5, 5.41) is 9.05. The number of hydrogen-bond donors (Lipinski definition) is 0. The molecule has 1 rings (SSSR count). The summed E-state index contributed by atoms with van der Waals surface area (Å²) in [6.07, 6.45) is 2.72. The number of rotatable bonds is 4. The molecule has 0 aliphatic carbocycles. The van der Waals surface area contributed by atoms with E-state index in [2.05, 4.69) is 6.07 Å². The van der Waals surface area contributed by atoms with Gasteiger partial charge in [0.05, 0.1) is 11.3 Å². The lowest BCUT2D eigenvalue weighted by Crippen LogP contribution is -2.42. The van der Waals surface area contributed by atoms with Gasteiger partial charge < -0.3 is 9.64 Å². The monoisotopic (exact) mass is 298 g/mol. The normalized spacial score (nSPS) is 18.4. The van der Waals surface area contributed by atoms with E-state index < -0.39 is 5.60 Å². The quantitative estimate of drug-likeness (QED) is 0.794. The summed E-state index contributed by atoms with van der Waals surface area (Å²) in [4.78, 5) is 13.7. The zero-order valence-electron chi connectivity index (χ0n) is 13.0. The van der Waals surface area contributed by atoms with Crippen LogP contribution in [0.2, 0.25) is 0 Å². The van der Waals surface area contributed by atoms with Crippen LogP contribution in [0.5, 0.6) is 0 Å². The third-order valence-electron chi connectivity index (χ3n) is 3.31. The van der Waals surface area contributed by atoms with Crippen LogP contribution in [0.1, 0.15) is 47.0 Å². The maximum Gasteiger partial charge on any atom is 0.410 e. The van der Waals surface area contributed by atoms with Crippen molar-refractivity contribution in [1.82, 2.24) is 4.90 Å². The Morgan fingerprint density at radius 3 is 2.50 bits per heavy atom. The lowest BCUT2D eigenvalue weighted by Gasteiger charge is -2.33. The molecule has 1 atom stereocenters. The molecule has 1 heterocycles. The highest BCUT2D eigenvalue weighted by molar-refractivity contribution is 8.00. The standard InChI is InChI=1S/C15H26N2O2S/c1-5-13(10-16)20-11-12-6-8-17(9-7-12)14(18)19-15(2,3)4/h12-13H,5-9,11H2,1-4H3/t13-/m0/s1. The van der Waals surface area contributed by atoms with Gasteiger partial charge in [-0.15, -0.1) is 11.8 Å². The molecule has 1 aliphatic heterocycles. The molecule has 0 aromatic rings. The van der Waals surface area contributed by atoms with Crippen molar-refractivity contribution in [3.8, 4) is 6.07 Å². The van der Waals surface area contributed by atoms with Crippen LogP contribution < -0.4 is 0 Å². The number of carbonyl (C=O) groups is 1. The summed E-state index contributed by atoms with van der Waals surface area (Å²) in [6.45, 7) is 9.25. The van der Waals surface area contributed by atoms with Gasteiger partial charge in [-0.05, 0) is 51.7 Å². The Hall–Kier alpha value is -0.890. The molecule has 0 bridgehead atoms. The topological polar surface area (TPSA) is 53.3 Å². The predicted molar refractivity (Wildman–Crippen MR) is 82.7 cm³/mol. The lowest BCUT2D eigenvalue weighted by atomic mass is 9.99. The minimum atomic E-state index is -0.426. The van der Waals surface area contributed by atoms with E-state index in [4.69, 9.17) is 10.00 Å². The molecule has 1 saturated heterocycles. The Morgan fingerprint density at radius 1 is 1.45 bits per heavy atom. The van der Waals surface area contributed by atoms with E-state index in [1.54, 1.807) is 16.7 Å². The highest BCUT2D eigenvalue weighted by atomic mass is 32.2. The molecule has 0 aromatic carbocycles. The van der Waals surface area contributed by atoms with Crippen LogP contribution in [0.25, 0.3) is 0 Å². The van der Waals surface area contributed by atoms with Gasteiger partial charge in [0, 0.05) is 13.1 Å². The van der Waals surface area contributed by atoms with Crippen molar-refractivity contribution < 1.29 is 9.53 Å². The number of hydrogen-bond acceptors (Lipinski definition) is 4. The Labute approximate surface area is 126 Å². The van der Waals surface area contributed by atoms with Gasteiger partial charge in [0.15, 0.2) is 0 Å². The third kappa shape index (κ3) is 6.04. The molecule has 5 heteroatoms. The van der Waals surface area contributed by atoms with Crippen LogP contribution in [-0.2, 0) is 4.74 Å². The highest BCUT2D eigenvalue weighted by Gasteiger charge is 2.27. The van der Waals surface area contributed by atoms with Gasteiger partial charge in [0.1, 0.15) is 5.60 Å². The first-order valence-electron chi connectivity index (χ1n) is 7.35. The summed E-state index contributed by atoms with van der Waals surface area (Å²) < 4.78 is 5.38.